The number of imidazole rings is 1. The number of hydrogen-bond donors (Lipinski definition) is 1. The second kappa shape index (κ2) is 9.76. The summed E-state index contributed by atoms with van der Waals surface area (Å²) in [6.07, 6.45) is 1.36. The van der Waals surface area contributed by atoms with Crippen LogP contribution in [0.4, 0.5) is 0 Å². The van der Waals surface area contributed by atoms with Gasteiger partial charge in [-0.25, -0.2) is 0 Å². The first-order chi connectivity index (χ1) is 15.2. The summed E-state index contributed by atoms with van der Waals surface area (Å²) in [6.45, 7) is 0.402. The molecule has 0 bridgehead atoms. The lowest BCUT2D eigenvalue weighted by Crippen LogP contribution is -2.06. The molecule has 4 rings (SSSR count). The Kier molecular flexibility index (Phi) is 6.43. The van der Waals surface area contributed by atoms with Crippen molar-refractivity contribution in [2.24, 2.45) is 0 Å². The molecule has 31 heavy (non-hydrogen) atoms. The Morgan fingerprint density at radius 3 is 2.00 bits per heavy atom. The third-order valence-electron chi connectivity index (χ3n) is 4.97. The molecule has 0 saturated carbocycles. The maximum Gasteiger partial charge on any atom is 0.303 e. The van der Waals surface area contributed by atoms with E-state index in [1.165, 1.54) is 0 Å². The van der Waals surface area contributed by atoms with Crippen molar-refractivity contribution in [3.8, 4) is 34.2 Å². The zero-order chi connectivity index (χ0) is 21.5. The van der Waals surface area contributed by atoms with Crippen LogP contribution in [0.15, 0.2) is 91.0 Å². The van der Waals surface area contributed by atoms with Crippen molar-refractivity contribution in [3.63, 3.8) is 0 Å². The van der Waals surface area contributed by atoms with Gasteiger partial charge in [0.2, 0.25) is 0 Å². The average Bonchev–Trinajstić information content (AvgIpc) is 3.20. The van der Waals surface area contributed by atoms with Crippen LogP contribution in [0.25, 0.3) is 28.2 Å². The summed E-state index contributed by atoms with van der Waals surface area (Å²) in [6, 6.07) is 30.7. The van der Waals surface area contributed by atoms with E-state index in [0.717, 1.165) is 28.2 Å². The maximum absolute atomic E-state index is 10.8. The Labute approximate surface area is 181 Å². The Hall–Kier alpha value is -3.86. The van der Waals surface area contributed by atoms with E-state index in [2.05, 4.69) is 12.1 Å². The minimum atomic E-state index is -0.788. The minimum Gasteiger partial charge on any atom is -0.481 e. The number of carboxylic acid groups (broad SMARTS) is 1. The van der Waals surface area contributed by atoms with Gasteiger partial charge in [0.25, 0.3) is 0 Å². The second-order valence-corrected chi connectivity index (χ2v) is 7.19. The van der Waals surface area contributed by atoms with Gasteiger partial charge in [0.1, 0.15) is 5.69 Å². The standard InChI is InChI=1S/C26H24N2O3/c29-23(30)18-10-11-19-31-26-27-24(20-12-4-1-5-13-20)25(21-14-6-2-7-15-21)28(26)22-16-8-3-9-17-22/h1-9,12-17H,10-11,18-19H2,(H,29,30). The van der Waals surface area contributed by atoms with E-state index in [0.29, 0.717) is 25.5 Å². The van der Waals surface area contributed by atoms with E-state index >= 15 is 0 Å². The van der Waals surface area contributed by atoms with Gasteiger partial charge in [-0.15, -0.1) is 0 Å². The van der Waals surface area contributed by atoms with Crippen LogP contribution in [-0.2, 0) is 4.79 Å². The predicted octanol–water partition coefficient (Wildman–Crippen LogP) is 5.84. The Bertz CT molecular complexity index is 1120. The largest absolute Gasteiger partial charge is 0.481 e. The highest BCUT2D eigenvalue weighted by atomic mass is 16.5. The van der Waals surface area contributed by atoms with Crippen molar-refractivity contribution in [1.82, 2.24) is 9.55 Å². The summed E-state index contributed by atoms with van der Waals surface area (Å²) < 4.78 is 8.13. The predicted molar refractivity (Wildman–Crippen MR) is 121 cm³/mol. The zero-order valence-corrected chi connectivity index (χ0v) is 17.1. The van der Waals surface area contributed by atoms with Crippen LogP contribution < -0.4 is 4.74 Å². The van der Waals surface area contributed by atoms with E-state index < -0.39 is 5.97 Å². The summed E-state index contributed by atoms with van der Waals surface area (Å²) >= 11 is 0. The van der Waals surface area contributed by atoms with E-state index in [4.69, 9.17) is 14.8 Å². The maximum atomic E-state index is 10.8. The van der Waals surface area contributed by atoms with E-state index in [-0.39, 0.29) is 6.42 Å². The smallest absolute Gasteiger partial charge is 0.303 e. The summed E-state index contributed by atoms with van der Waals surface area (Å²) in [5.41, 5.74) is 4.80. The number of carboxylic acids is 1. The third kappa shape index (κ3) is 4.83. The molecule has 5 nitrogen and oxygen atoms in total. The molecule has 0 unspecified atom stereocenters. The number of ether oxygens (including phenoxy) is 1. The van der Waals surface area contributed by atoms with Crippen LogP contribution in [0.3, 0.4) is 0 Å². The molecule has 0 aliphatic rings. The lowest BCUT2D eigenvalue weighted by molar-refractivity contribution is -0.137. The molecule has 0 fully saturated rings. The highest BCUT2D eigenvalue weighted by Crippen LogP contribution is 2.37. The highest BCUT2D eigenvalue weighted by Gasteiger charge is 2.22. The fourth-order valence-electron chi connectivity index (χ4n) is 3.51. The number of unbranched alkanes of at least 4 members (excludes halogenated alkanes) is 1. The highest BCUT2D eigenvalue weighted by molar-refractivity contribution is 5.81. The number of hydrogen-bond acceptors (Lipinski definition) is 3. The Morgan fingerprint density at radius 2 is 1.39 bits per heavy atom. The summed E-state index contributed by atoms with van der Waals surface area (Å²) in [4.78, 5) is 15.7. The lowest BCUT2D eigenvalue weighted by Gasteiger charge is -2.13. The number of para-hydroxylation sites is 1. The third-order valence-corrected chi connectivity index (χ3v) is 4.97. The van der Waals surface area contributed by atoms with Crippen LogP contribution in [0.5, 0.6) is 6.01 Å². The van der Waals surface area contributed by atoms with Gasteiger partial charge in [-0.3, -0.25) is 9.36 Å². The SMILES string of the molecule is O=C(O)CCCCOc1nc(-c2ccccc2)c(-c2ccccc2)n1-c1ccccc1. The summed E-state index contributed by atoms with van der Waals surface area (Å²) in [7, 11) is 0. The van der Waals surface area contributed by atoms with Crippen LogP contribution in [0.2, 0.25) is 0 Å². The second-order valence-electron chi connectivity index (χ2n) is 7.19. The van der Waals surface area contributed by atoms with Crippen LogP contribution in [0, 0.1) is 0 Å². The molecule has 0 radical (unpaired) electrons. The van der Waals surface area contributed by atoms with Crippen molar-refractivity contribution in [3.05, 3.63) is 91.0 Å². The summed E-state index contributed by atoms with van der Waals surface area (Å²) in [5.74, 6) is -0.788. The minimum absolute atomic E-state index is 0.140. The zero-order valence-electron chi connectivity index (χ0n) is 17.1. The van der Waals surface area contributed by atoms with Gasteiger partial charge in [-0.2, -0.15) is 4.98 Å². The van der Waals surface area contributed by atoms with Gasteiger partial charge in [0.15, 0.2) is 0 Å². The van der Waals surface area contributed by atoms with Gasteiger partial charge < -0.3 is 9.84 Å². The van der Waals surface area contributed by atoms with Gasteiger partial charge in [-0.05, 0) is 25.0 Å². The van der Waals surface area contributed by atoms with Crippen molar-refractivity contribution in [1.29, 1.82) is 0 Å². The number of aromatic nitrogens is 2. The molecule has 5 heteroatoms. The van der Waals surface area contributed by atoms with Gasteiger partial charge in [-0.1, -0.05) is 78.9 Å². The van der Waals surface area contributed by atoms with Crippen molar-refractivity contribution in [2.75, 3.05) is 6.61 Å². The topological polar surface area (TPSA) is 64.3 Å². The molecule has 0 aliphatic heterocycles. The van der Waals surface area contributed by atoms with E-state index in [1.807, 2.05) is 83.4 Å². The first-order valence-corrected chi connectivity index (χ1v) is 10.4. The van der Waals surface area contributed by atoms with Crippen molar-refractivity contribution >= 4 is 5.97 Å². The molecule has 0 spiro atoms. The first kappa shape index (κ1) is 20.4. The van der Waals surface area contributed by atoms with Gasteiger partial charge in [0, 0.05) is 17.5 Å². The molecule has 1 N–H and O–H groups in total. The number of carbonyl (C=O) groups is 1. The van der Waals surface area contributed by atoms with Gasteiger partial charge >= 0.3 is 12.0 Å². The van der Waals surface area contributed by atoms with E-state index in [9.17, 15) is 4.79 Å². The monoisotopic (exact) mass is 412 g/mol. The van der Waals surface area contributed by atoms with E-state index in [1.54, 1.807) is 0 Å². The number of nitrogens with zero attached hydrogens (tertiary/aromatic N) is 2. The fraction of sp³-hybridized carbons (Fsp3) is 0.154. The molecule has 156 valence electrons. The number of benzene rings is 3. The molecule has 1 aromatic heterocycles. The van der Waals surface area contributed by atoms with Crippen molar-refractivity contribution < 1.29 is 14.6 Å². The molecule has 0 atom stereocenters. The average molecular weight is 412 g/mol. The lowest BCUT2D eigenvalue weighted by atomic mass is 10.0. The van der Waals surface area contributed by atoms with Crippen LogP contribution >= 0.6 is 0 Å². The van der Waals surface area contributed by atoms with Gasteiger partial charge in [0.05, 0.1) is 18.0 Å². The van der Waals surface area contributed by atoms with Crippen LogP contribution in [-0.4, -0.2) is 27.2 Å². The normalized spacial score (nSPS) is 10.7. The molecular weight excluding hydrogens is 388 g/mol. The molecule has 0 amide bonds. The quantitative estimate of drug-likeness (QED) is 0.351. The molecular formula is C26H24N2O3. The molecule has 3 aromatic carbocycles. The number of rotatable bonds is 9. The Balaban J connectivity index is 1.80. The molecule has 1 heterocycles. The van der Waals surface area contributed by atoms with Crippen molar-refractivity contribution in [2.45, 2.75) is 19.3 Å². The molecule has 0 saturated heterocycles. The summed E-state index contributed by atoms with van der Waals surface area (Å²) in [5, 5.41) is 8.86. The molecule has 4 aromatic rings. The number of aliphatic carboxylic acids is 1. The fourth-order valence-corrected chi connectivity index (χ4v) is 3.51. The van der Waals surface area contributed by atoms with Crippen LogP contribution in [0.1, 0.15) is 19.3 Å². The Morgan fingerprint density at radius 1 is 0.806 bits per heavy atom. The first-order valence-electron chi connectivity index (χ1n) is 10.4. The molecule has 0 aliphatic carbocycles.